The number of carbonyl (C=O) groups excluding carboxylic acids is 1. The second-order valence-electron chi connectivity index (χ2n) is 6.64. The average Bonchev–Trinajstić information content (AvgIpc) is 2.59. The molecule has 2 aromatic rings. The number of piperidine rings is 1. The van der Waals surface area contributed by atoms with E-state index in [1.54, 1.807) is 0 Å². The van der Waals surface area contributed by atoms with Gasteiger partial charge in [0.25, 0.3) is 5.91 Å². The molecule has 122 valence electrons. The molecule has 0 atom stereocenters. The monoisotopic (exact) mass is 312 g/mol. The summed E-state index contributed by atoms with van der Waals surface area (Å²) in [4.78, 5) is 12.0. The van der Waals surface area contributed by atoms with Crippen molar-refractivity contribution in [3.05, 3.63) is 42.5 Å². The SMILES string of the molecule is CC1(CNC(=O)COc2ccc3ccccc3c2)CCNCC1. The van der Waals surface area contributed by atoms with Crippen molar-refractivity contribution in [1.29, 1.82) is 0 Å². The van der Waals surface area contributed by atoms with Gasteiger partial charge in [-0.1, -0.05) is 37.3 Å². The summed E-state index contributed by atoms with van der Waals surface area (Å²) >= 11 is 0. The average molecular weight is 312 g/mol. The van der Waals surface area contributed by atoms with Crippen LogP contribution in [-0.2, 0) is 4.79 Å². The molecule has 0 bridgehead atoms. The van der Waals surface area contributed by atoms with E-state index < -0.39 is 0 Å². The van der Waals surface area contributed by atoms with Gasteiger partial charge in [0.1, 0.15) is 5.75 Å². The third kappa shape index (κ3) is 4.23. The predicted octanol–water partition coefficient (Wildman–Crippen LogP) is 2.72. The molecular weight excluding hydrogens is 288 g/mol. The number of carbonyl (C=O) groups is 1. The molecule has 1 fully saturated rings. The number of nitrogens with one attached hydrogen (secondary N) is 2. The lowest BCUT2D eigenvalue weighted by atomic mass is 9.81. The molecule has 2 aromatic carbocycles. The third-order valence-electron chi connectivity index (χ3n) is 4.61. The molecule has 1 heterocycles. The van der Waals surface area contributed by atoms with Gasteiger partial charge in [0, 0.05) is 6.54 Å². The van der Waals surface area contributed by atoms with E-state index in [-0.39, 0.29) is 17.9 Å². The molecule has 0 unspecified atom stereocenters. The van der Waals surface area contributed by atoms with Gasteiger partial charge in [-0.05, 0) is 54.3 Å². The zero-order valence-corrected chi connectivity index (χ0v) is 13.6. The highest BCUT2D eigenvalue weighted by Gasteiger charge is 2.26. The first-order valence-corrected chi connectivity index (χ1v) is 8.24. The maximum Gasteiger partial charge on any atom is 0.257 e. The van der Waals surface area contributed by atoms with E-state index in [0.29, 0.717) is 6.54 Å². The van der Waals surface area contributed by atoms with E-state index >= 15 is 0 Å². The molecular formula is C19H24N2O2. The fourth-order valence-electron chi connectivity index (χ4n) is 2.98. The summed E-state index contributed by atoms with van der Waals surface area (Å²) < 4.78 is 5.62. The lowest BCUT2D eigenvalue weighted by molar-refractivity contribution is -0.123. The van der Waals surface area contributed by atoms with Gasteiger partial charge >= 0.3 is 0 Å². The van der Waals surface area contributed by atoms with Crippen LogP contribution in [0.3, 0.4) is 0 Å². The number of amides is 1. The Labute approximate surface area is 137 Å². The van der Waals surface area contributed by atoms with Crippen molar-refractivity contribution in [2.75, 3.05) is 26.2 Å². The van der Waals surface area contributed by atoms with Gasteiger partial charge in [-0.25, -0.2) is 0 Å². The summed E-state index contributed by atoms with van der Waals surface area (Å²) in [6.07, 6.45) is 2.19. The highest BCUT2D eigenvalue weighted by atomic mass is 16.5. The van der Waals surface area contributed by atoms with Crippen LogP contribution in [0, 0.1) is 5.41 Å². The van der Waals surface area contributed by atoms with Crippen LogP contribution < -0.4 is 15.4 Å². The van der Waals surface area contributed by atoms with Crippen molar-refractivity contribution in [2.45, 2.75) is 19.8 Å². The van der Waals surface area contributed by atoms with Crippen LogP contribution >= 0.6 is 0 Å². The van der Waals surface area contributed by atoms with Gasteiger partial charge in [0.05, 0.1) is 0 Å². The van der Waals surface area contributed by atoms with E-state index in [2.05, 4.69) is 23.6 Å². The minimum absolute atomic E-state index is 0.0575. The fraction of sp³-hybridized carbons (Fsp3) is 0.421. The summed E-state index contributed by atoms with van der Waals surface area (Å²) in [5, 5.41) is 8.65. The van der Waals surface area contributed by atoms with Crippen molar-refractivity contribution in [1.82, 2.24) is 10.6 Å². The van der Waals surface area contributed by atoms with E-state index in [1.165, 1.54) is 5.39 Å². The fourth-order valence-corrected chi connectivity index (χ4v) is 2.98. The molecule has 3 rings (SSSR count). The van der Waals surface area contributed by atoms with Gasteiger partial charge < -0.3 is 15.4 Å². The Hall–Kier alpha value is -2.07. The molecule has 4 nitrogen and oxygen atoms in total. The van der Waals surface area contributed by atoms with Crippen molar-refractivity contribution in [2.24, 2.45) is 5.41 Å². The summed E-state index contributed by atoms with van der Waals surface area (Å²) in [5.41, 5.74) is 0.198. The topological polar surface area (TPSA) is 50.4 Å². The highest BCUT2D eigenvalue weighted by Crippen LogP contribution is 2.26. The Kier molecular flexibility index (Phi) is 4.82. The second-order valence-corrected chi connectivity index (χ2v) is 6.64. The van der Waals surface area contributed by atoms with Crippen LogP contribution in [0.4, 0.5) is 0 Å². The minimum Gasteiger partial charge on any atom is -0.484 e. The quantitative estimate of drug-likeness (QED) is 0.892. The Bertz CT molecular complexity index is 678. The summed E-state index contributed by atoms with van der Waals surface area (Å²) in [5.74, 6) is 0.671. The maximum absolute atomic E-state index is 12.0. The Balaban J connectivity index is 1.49. The highest BCUT2D eigenvalue weighted by molar-refractivity contribution is 5.84. The lowest BCUT2D eigenvalue weighted by Gasteiger charge is -2.34. The van der Waals surface area contributed by atoms with E-state index in [4.69, 9.17) is 4.74 Å². The second kappa shape index (κ2) is 7.01. The first-order chi connectivity index (χ1) is 11.1. The smallest absolute Gasteiger partial charge is 0.257 e. The normalized spacial score (nSPS) is 16.9. The molecule has 0 radical (unpaired) electrons. The standard InChI is InChI=1S/C19H24N2O2/c1-19(8-10-20-11-9-19)14-21-18(22)13-23-17-7-6-15-4-2-3-5-16(15)12-17/h2-7,12,20H,8-11,13-14H2,1H3,(H,21,22). The Morgan fingerprint density at radius 2 is 1.91 bits per heavy atom. The summed E-state index contributed by atoms with van der Waals surface area (Å²) in [6, 6.07) is 14.0. The number of benzene rings is 2. The molecule has 23 heavy (non-hydrogen) atoms. The molecule has 0 aliphatic carbocycles. The molecule has 4 heteroatoms. The third-order valence-corrected chi connectivity index (χ3v) is 4.61. The largest absolute Gasteiger partial charge is 0.484 e. The Morgan fingerprint density at radius 1 is 1.17 bits per heavy atom. The first kappa shape index (κ1) is 15.8. The number of rotatable bonds is 5. The summed E-state index contributed by atoms with van der Waals surface area (Å²) in [7, 11) is 0. The van der Waals surface area contributed by atoms with Crippen LogP contribution in [0.15, 0.2) is 42.5 Å². The molecule has 1 amide bonds. The van der Waals surface area contributed by atoms with Crippen molar-refractivity contribution in [3.63, 3.8) is 0 Å². The van der Waals surface area contributed by atoms with Crippen molar-refractivity contribution < 1.29 is 9.53 Å². The molecule has 0 saturated carbocycles. The number of hydrogen-bond acceptors (Lipinski definition) is 3. The van der Waals surface area contributed by atoms with Gasteiger partial charge in [-0.15, -0.1) is 0 Å². The van der Waals surface area contributed by atoms with Gasteiger partial charge in [-0.3, -0.25) is 4.79 Å². The number of fused-ring (bicyclic) bond motifs is 1. The van der Waals surface area contributed by atoms with Gasteiger partial charge in [0.15, 0.2) is 6.61 Å². The van der Waals surface area contributed by atoms with Crippen LogP contribution in [0.2, 0.25) is 0 Å². The van der Waals surface area contributed by atoms with Crippen LogP contribution in [0.5, 0.6) is 5.75 Å². The minimum atomic E-state index is -0.0575. The number of hydrogen-bond donors (Lipinski definition) is 2. The molecule has 1 saturated heterocycles. The molecule has 0 aromatic heterocycles. The first-order valence-electron chi connectivity index (χ1n) is 8.24. The molecule has 2 N–H and O–H groups in total. The van der Waals surface area contributed by atoms with Crippen LogP contribution in [-0.4, -0.2) is 32.1 Å². The van der Waals surface area contributed by atoms with Crippen molar-refractivity contribution in [3.8, 4) is 5.75 Å². The summed E-state index contributed by atoms with van der Waals surface area (Å²) in [6.45, 7) is 5.07. The van der Waals surface area contributed by atoms with Gasteiger partial charge in [-0.2, -0.15) is 0 Å². The maximum atomic E-state index is 12.0. The Morgan fingerprint density at radius 3 is 2.70 bits per heavy atom. The lowest BCUT2D eigenvalue weighted by Crippen LogP contribution is -2.43. The number of ether oxygens (including phenoxy) is 1. The molecule has 0 spiro atoms. The van der Waals surface area contributed by atoms with E-state index in [1.807, 2.05) is 36.4 Å². The molecule has 1 aliphatic heterocycles. The van der Waals surface area contributed by atoms with Crippen LogP contribution in [0.1, 0.15) is 19.8 Å². The van der Waals surface area contributed by atoms with Gasteiger partial charge in [0.2, 0.25) is 0 Å². The van der Waals surface area contributed by atoms with Crippen LogP contribution in [0.25, 0.3) is 10.8 Å². The van der Waals surface area contributed by atoms with Crippen molar-refractivity contribution >= 4 is 16.7 Å². The van der Waals surface area contributed by atoms with E-state index in [0.717, 1.165) is 37.1 Å². The molecule has 1 aliphatic rings. The predicted molar refractivity (Wildman–Crippen MR) is 92.7 cm³/mol. The zero-order valence-electron chi connectivity index (χ0n) is 13.6. The zero-order chi connectivity index (χ0) is 16.1. The van der Waals surface area contributed by atoms with E-state index in [9.17, 15) is 4.79 Å².